The van der Waals surface area contributed by atoms with Crippen molar-refractivity contribution in [1.82, 2.24) is 4.90 Å². The highest BCUT2D eigenvalue weighted by Gasteiger charge is 2.32. The lowest BCUT2D eigenvalue weighted by atomic mass is 9.94. The Kier molecular flexibility index (Phi) is 4.27. The van der Waals surface area contributed by atoms with E-state index in [1.54, 1.807) is 6.07 Å². The van der Waals surface area contributed by atoms with E-state index in [1.165, 1.54) is 12.1 Å². The minimum absolute atomic E-state index is 0.106. The zero-order chi connectivity index (χ0) is 18.3. The van der Waals surface area contributed by atoms with Gasteiger partial charge in [-0.3, -0.25) is 4.79 Å². The molecule has 0 unspecified atom stereocenters. The van der Waals surface area contributed by atoms with Crippen LogP contribution in [-0.4, -0.2) is 17.4 Å². The fourth-order valence-corrected chi connectivity index (χ4v) is 3.90. The fraction of sp³-hybridized carbons (Fsp3) is 0.318. The molecule has 26 heavy (non-hydrogen) atoms. The first-order chi connectivity index (χ1) is 12.5. The molecule has 0 N–H and O–H groups in total. The molecular formula is C22H22FNO2. The molecular weight excluding hydrogens is 329 g/mol. The number of carbonyl (C=O) groups is 1. The van der Waals surface area contributed by atoms with E-state index in [2.05, 4.69) is 0 Å². The van der Waals surface area contributed by atoms with Crippen molar-refractivity contribution in [1.29, 1.82) is 0 Å². The minimum atomic E-state index is -0.268. The minimum Gasteiger partial charge on any atom is -0.451 e. The molecule has 4 heteroatoms. The molecule has 0 bridgehead atoms. The van der Waals surface area contributed by atoms with Crippen molar-refractivity contribution in [3.63, 3.8) is 0 Å². The Morgan fingerprint density at radius 2 is 2.00 bits per heavy atom. The molecule has 0 spiro atoms. The lowest BCUT2D eigenvalue weighted by Crippen LogP contribution is -2.38. The van der Waals surface area contributed by atoms with Gasteiger partial charge < -0.3 is 9.32 Å². The van der Waals surface area contributed by atoms with Crippen LogP contribution in [0.4, 0.5) is 4.39 Å². The van der Waals surface area contributed by atoms with Crippen LogP contribution in [0.1, 0.15) is 52.5 Å². The lowest BCUT2D eigenvalue weighted by molar-refractivity contribution is 0.0580. The number of hydrogen-bond donors (Lipinski definition) is 0. The van der Waals surface area contributed by atoms with E-state index in [1.807, 2.05) is 43.0 Å². The molecule has 1 amide bonds. The highest BCUT2D eigenvalue weighted by Crippen LogP contribution is 2.34. The molecule has 1 aromatic heterocycles. The predicted octanol–water partition coefficient (Wildman–Crippen LogP) is 5.56. The molecule has 2 heterocycles. The number of carbonyl (C=O) groups excluding carboxylic acids is 1. The summed E-state index contributed by atoms with van der Waals surface area (Å²) in [6, 6.07) is 12.4. The second-order valence-electron chi connectivity index (χ2n) is 7.12. The topological polar surface area (TPSA) is 33.5 Å². The fourth-order valence-electron chi connectivity index (χ4n) is 3.90. The zero-order valence-corrected chi connectivity index (χ0v) is 15.1. The van der Waals surface area contributed by atoms with Crippen LogP contribution in [0.5, 0.6) is 0 Å². The molecule has 2 aromatic carbocycles. The van der Waals surface area contributed by atoms with Gasteiger partial charge >= 0.3 is 0 Å². The molecule has 0 saturated carbocycles. The SMILES string of the molecule is Cc1ccc2c(C)c(C(=O)N3CCCC[C@H]3c3cccc(F)c3)oc2c1. The summed E-state index contributed by atoms with van der Waals surface area (Å²) >= 11 is 0. The molecule has 0 radical (unpaired) electrons. The second kappa shape index (κ2) is 6.60. The molecule has 4 rings (SSSR count). The average Bonchev–Trinajstić information content (AvgIpc) is 2.97. The normalized spacial score (nSPS) is 17.7. The van der Waals surface area contributed by atoms with Crippen molar-refractivity contribution < 1.29 is 13.6 Å². The van der Waals surface area contributed by atoms with Crippen LogP contribution < -0.4 is 0 Å². The van der Waals surface area contributed by atoms with E-state index in [-0.39, 0.29) is 17.8 Å². The van der Waals surface area contributed by atoms with Gasteiger partial charge in [0.1, 0.15) is 11.4 Å². The maximum Gasteiger partial charge on any atom is 0.290 e. The molecule has 1 fully saturated rings. The first kappa shape index (κ1) is 16.8. The van der Waals surface area contributed by atoms with Crippen LogP contribution >= 0.6 is 0 Å². The van der Waals surface area contributed by atoms with Gasteiger partial charge in [0.15, 0.2) is 5.76 Å². The number of likely N-dealkylation sites (tertiary alicyclic amines) is 1. The Hall–Kier alpha value is -2.62. The molecule has 3 aromatic rings. The van der Waals surface area contributed by atoms with Crippen molar-refractivity contribution in [3.8, 4) is 0 Å². The first-order valence-corrected chi connectivity index (χ1v) is 9.11. The van der Waals surface area contributed by atoms with Crippen molar-refractivity contribution in [2.24, 2.45) is 0 Å². The standard InChI is InChI=1S/C22H22FNO2/c1-14-9-10-18-15(2)21(26-20(18)12-14)22(25)24-11-4-3-8-19(24)16-6-5-7-17(23)13-16/h5-7,9-10,12-13,19H,3-4,8,11H2,1-2H3/t19-/m0/s1. The molecule has 1 aliphatic rings. The molecule has 1 aliphatic heterocycles. The number of piperidine rings is 1. The summed E-state index contributed by atoms with van der Waals surface area (Å²) in [7, 11) is 0. The Morgan fingerprint density at radius 3 is 2.81 bits per heavy atom. The monoisotopic (exact) mass is 351 g/mol. The van der Waals surface area contributed by atoms with E-state index < -0.39 is 0 Å². The Morgan fingerprint density at radius 1 is 1.15 bits per heavy atom. The zero-order valence-electron chi connectivity index (χ0n) is 15.1. The van der Waals surface area contributed by atoms with Gasteiger partial charge in [0.25, 0.3) is 5.91 Å². The Balaban J connectivity index is 1.73. The quantitative estimate of drug-likeness (QED) is 0.606. The van der Waals surface area contributed by atoms with Crippen LogP contribution in [0, 0.1) is 19.7 Å². The molecule has 134 valence electrons. The molecule has 1 saturated heterocycles. The Bertz CT molecular complexity index is 975. The van der Waals surface area contributed by atoms with E-state index in [9.17, 15) is 9.18 Å². The summed E-state index contributed by atoms with van der Waals surface area (Å²) in [5, 5.41) is 0.971. The van der Waals surface area contributed by atoms with Gasteiger partial charge in [0, 0.05) is 17.5 Å². The highest BCUT2D eigenvalue weighted by atomic mass is 19.1. The van der Waals surface area contributed by atoms with Crippen LogP contribution in [0.3, 0.4) is 0 Å². The van der Waals surface area contributed by atoms with Gasteiger partial charge in [0.2, 0.25) is 0 Å². The van der Waals surface area contributed by atoms with E-state index in [4.69, 9.17) is 4.42 Å². The lowest BCUT2D eigenvalue weighted by Gasteiger charge is -2.35. The molecule has 1 atom stereocenters. The highest BCUT2D eigenvalue weighted by molar-refractivity contribution is 5.99. The predicted molar refractivity (Wildman–Crippen MR) is 99.7 cm³/mol. The van der Waals surface area contributed by atoms with Crippen molar-refractivity contribution >= 4 is 16.9 Å². The smallest absolute Gasteiger partial charge is 0.290 e. The third kappa shape index (κ3) is 2.90. The van der Waals surface area contributed by atoms with Crippen molar-refractivity contribution in [3.05, 3.63) is 70.7 Å². The molecule has 0 aliphatic carbocycles. The number of amides is 1. The number of aryl methyl sites for hydroxylation is 2. The van der Waals surface area contributed by atoms with Gasteiger partial charge in [-0.15, -0.1) is 0 Å². The Labute approximate surface area is 152 Å². The number of halogens is 1. The summed E-state index contributed by atoms with van der Waals surface area (Å²) in [4.78, 5) is 15.1. The third-order valence-corrected chi connectivity index (χ3v) is 5.29. The van der Waals surface area contributed by atoms with Gasteiger partial charge in [-0.1, -0.05) is 24.3 Å². The van der Waals surface area contributed by atoms with Crippen molar-refractivity contribution in [2.45, 2.75) is 39.2 Å². The first-order valence-electron chi connectivity index (χ1n) is 9.11. The summed E-state index contributed by atoms with van der Waals surface area (Å²) in [6.45, 7) is 4.59. The summed E-state index contributed by atoms with van der Waals surface area (Å²) in [5.41, 5.74) is 3.56. The van der Waals surface area contributed by atoms with Crippen molar-refractivity contribution in [2.75, 3.05) is 6.54 Å². The number of furan rings is 1. The van der Waals surface area contributed by atoms with Crippen LogP contribution in [0.15, 0.2) is 46.9 Å². The number of benzene rings is 2. The number of rotatable bonds is 2. The van der Waals surface area contributed by atoms with Gasteiger partial charge in [-0.25, -0.2) is 4.39 Å². The van der Waals surface area contributed by atoms with Crippen LogP contribution in [-0.2, 0) is 0 Å². The third-order valence-electron chi connectivity index (χ3n) is 5.29. The maximum absolute atomic E-state index is 13.7. The summed E-state index contributed by atoms with van der Waals surface area (Å²) in [6.07, 6.45) is 2.83. The van der Waals surface area contributed by atoms with Crippen LogP contribution in [0.2, 0.25) is 0 Å². The average molecular weight is 351 g/mol. The maximum atomic E-state index is 13.7. The van der Waals surface area contributed by atoms with Crippen LogP contribution in [0.25, 0.3) is 11.0 Å². The van der Waals surface area contributed by atoms with Gasteiger partial charge in [-0.05, 0) is 62.4 Å². The van der Waals surface area contributed by atoms with E-state index >= 15 is 0 Å². The van der Waals surface area contributed by atoms with E-state index in [0.717, 1.165) is 46.9 Å². The molecule has 3 nitrogen and oxygen atoms in total. The number of hydrogen-bond acceptors (Lipinski definition) is 2. The second-order valence-corrected chi connectivity index (χ2v) is 7.12. The summed E-state index contributed by atoms with van der Waals surface area (Å²) in [5.74, 6) is 0.0232. The van der Waals surface area contributed by atoms with Gasteiger partial charge in [-0.2, -0.15) is 0 Å². The number of nitrogens with zero attached hydrogens (tertiary/aromatic N) is 1. The summed E-state index contributed by atoms with van der Waals surface area (Å²) < 4.78 is 19.6. The van der Waals surface area contributed by atoms with E-state index in [0.29, 0.717) is 12.3 Å². The number of fused-ring (bicyclic) bond motifs is 1. The largest absolute Gasteiger partial charge is 0.451 e. The van der Waals surface area contributed by atoms with Gasteiger partial charge in [0.05, 0.1) is 6.04 Å².